The molecule has 5 nitrogen and oxygen atoms in total. The molecule has 0 spiro atoms. The molecule has 2 rings (SSSR count). The summed E-state index contributed by atoms with van der Waals surface area (Å²) < 4.78 is 1.68. The molecule has 1 saturated heterocycles. The molecule has 5 heteroatoms. The quantitative estimate of drug-likeness (QED) is 0.846. The highest BCUT2D eigenvalue weighted by Gasteiger charge is 2.21. The molecule has 1 aromatic rings. The monoisotopic (exact) mass is 236 g/mol. The van der Waals surface area contributed by atoms with Gasteiger partial charge in [-0.05, 0) is 19.8 Å². The molecule has 1 aromatic heterocycles. The number of carbonyl (C=O) groups excluding carboxylic acids is 1. The average Bonchev–Trinajstić information content (AvgIpc) is 2.55. The number of anilines is 1. The lowest BCUT2D eigenvalue weighted by atomic mass is 10.2. The standard InChI is InChI=1S/C12H20N4O/c1-2-16-10(9-11(13)14-16)12(17)15-7-5-3-4-6-8-15/h9H,2-8H2,1H3,(H2,13,14). The zero-order valence-corrected chi connectivity index (χ0v) is 10.4. The Hall–Kier alpha value is -1.52. The zero-order valence-electron chi connectivity index (χ0n) is 10.4. The van der Waals surface area contributed by atoms with Crippen molar-refractivity contribution >= 4 is 11.7 Å². The Kier molecular flexibility index (Phi) is 3.66. The first kappa shape index (κ1) is 12.0. The third-order valence-electron chi connectivity index (χ3n) is 3.21. The first-order valence-corrected chi connectivity index (χ1v) is 6.35. The first-order chi connectivity index (χ1) is 8.22. The molecule has 0 aromatic carbocycles. The number of nitrogens with zero attached hydrogens (tertiary/aromatic N) is 3. The number of hydrogen-bond acceptors (Lipinski definition) is 3. The van der Waals surface area contributed by atoms with Gasteiger partial charge in [0.05, 0.1) is 0 Å². The van der Waals surface area contributed by atoms with Crippen LogP contribution in [0.5, 0.6) is 0 Å². The van der Waals surface area contributed by atoms with Crippen molar-refractivity contribution in [3.05, 3.63) is 11.8 Å². The number of likely N-dealkylation sites (tertiary alicyclic amines) is 1. The predicted octanol–water partition coefficient (Wildman–Crippen LogP) is 1.50. The molecular weight excluding hydrogens is 216 g/mol. The minimum Gasteiger partial charge on any atom is -0.382 e. The van der Waals surface area contributed by atoms with Crippen molar-refractivity contribution in [3.8, 4) is 0 Å². The molecule has 0 atom stereocenters. The van der Waals surface area contributed by atoms with Crippen molar-refractivity contribution in [2.24, 2.45) is 0 Å². The smallest absolute Gasteiger partial charge is 0.272 e. The second-order valence-corrected chi connectivity index (χ2v) is 4.48. The molecule has 0 bridgehead atoms. The summed E-state index contributed by atoms with van der Waals surface area (Å²) in [5.41, 5.74) is 6.27. The second kappa shape index (κ2) is 5.21. The summed E-state index contributed by atoms with van der Waals surface area (Å²) in [7, 11) is 0. The Morgan fingerprint density at radius 2 is 2.00 bits per heavy atom. The van der Waals surface area contributed by atoms with Gasteiger partial charge in [0.1, 0.15) is 11.5 Å². The van der Waals surface area contributed by atoms with Gasteiger partial charge in [-0.15, -0.1) is 0 Å². The number of nitrogens with two attached hydrogens (primary N) is 1. The zero-order chi connectivity index (χ0) is 12.3. The molecule has 0 unspecified atom stereocenters. The SMILES string of the molecule is CCn1nc(N)cc1C(=O)N1CCCCCC1. The van der Waals surface area contributed by atoms with E-state index in [1.165, 1.54) is 12.8 Å². The van der Waals surface area contributed by atoms with Gasteiger partial charge in [-0.25, -0.2) is 0 Å². The van der Waals surface area contributed by atoms with Crippen LogP contribution in [-0.4, -0.2) is 33.7 Å². The minimum absolute atomic E-state index is 0.0675. The number of amides is 1. The Morgan fingerprint density at radius 1 is 1.35 bits per heavy atom. The van der Waals surface area contributed by atoms with E-state index in [1.54, 1.807) is 10.7 Å². The third-order valence-corrected chi connectivity index (χ3v) is 3.21. The summed E-state index contributed by atoms with van der Waals surface area (Å²) in [5, 5.41) is 4.12. The van der Waals surface area contributed by atoms with Gasteiger partial charge < -0.3 is 10.6 Å². The van der Waals surface area contributed by atoms with Gasteiger partial charge in [0.2, 0.25) is 0 Å². The molecule has 0 aliphatic carbocycles. The maximum Gasteiger partial charge on any atom is 0.272 e. The van der Waals surface area contributed by atoms with Gasteiger partial charge in [0, 0.05) is 25.7 Å². The highest BCUT2D eigenvalue weighted by molar-refractivity contribution is 5.93. The molecule has 1 fully saturated rings. The fourth-order valence-corrected chi connectivity index (χ4v) is 2.29. The Bertz CT molecular complexity index is 391. The van der Waals surface area contributed by atoms with Gasteiger partial charge in [0.15, 0.2) is 0 Å². The van der Waals surface area contributed by atoms with Gasteiger partial charge in [-0.3, -0.25) is 9.48 Å². The van der Waals surface area contributed by atoms with Crippen LogP contribution in [0, 0.1) is 0 Å². The lowest BCUT2D eigenvalue weighted by Gasteiger charge is -2.20. The average molecular weight is 236 g/mol. The van der Waals surface area contributed by atoms with Crippen molar-refractivity contribution in [2.75, 3.05) is 18.8 Å². The van der Waals surface area contributed by atoms with E-state index < -0.39 is 0 Å². The number of rotatable bonds is 2. The first-order valence-electron chi connectivity index (χ1n) is 6.35. The van der Waals surface area contributed by atoms with Gasteiger partial charge in [0.25, 0.3) is 5.91 Å². The summed E-state index contributed by atoms with van der Waals surface area (Å²) in [6.45, 7) is 4.35. The molecule has 2 heterocycles. The van der Waals surface area contributed by atoms with Crippen LogP contribution >= 0.6 is 0 Å². The molecular formula is C12H20N4O. The van der Waals surface area contributed by atoms with Crippen LogP contribution in [0.1, 0.15) is 43.1 Å². The summed E-state index contributed by atoms with van der Waals surface area (Å²) in [4.78, 5) is 14.3. The topological polar surface area (TPSA) is 64.2 Å². The summed E-state index contributed by atoms with van der Waals surface area (Å²) in [5.74, 6) is 0.489. The van der Waals surface area contributed by atoms with Gasteiger partial charge >= 0.3 is 0 Å². The van der Waals surface area contributed by atoms with E-state index in [0.717, 1.165) is 25.9 Å². The van der Waals surface area contributed by atoms with Crippen LogP contribution in [0.25, 0.3) is 0 Å². The normalized spacial score (nSPS) is 16.9. The van der Waals surface area contributed by atoms with Gasteiger partial charge in [-0.1, -0.05) is 12.8 Å². The maximum atomic E-state index is 12.4. The Labute approximate surface area is 102 Å². The van der Waals surface area contributed by atoms with E-state index in [-0.39, 0.29) is 5.91 Å². The largest absolute Gasteiger partial charge is 0.382 e. The van der Waals surface area contributed by atoms with Crippen LogP contribution in [-0.2, 0) is 6.54 Å². The lowest BCUT2D eigenvalue weighted by molar-refractivity contribution is 0.0749. The molecule has 94 valence electrons. The molecule has 1 amide bonds. The Morgan fingerprint density at radius 3 is 2.59 bits per heavy atom. The van der Waals surface area contributed by atoms with Crippen LogP contribution < -0.4 is 5.73 Å². The maximum absolute atomic E-state index is 12.4. The molecule has 1 aliphatic heterocycles. The van der Waals surface area contributed by atoms with E-state index in [9.17, 15) is 4.79 Å². The predicted molar refractivity (Wildman–Crippen MR) is 66.7 cm³/mol. The molecule has 17 heavy (non-hydrogen) atoms. The molecule has 0 radical (unpaired) electrons. The van der Waals surface area contributed by atoms with Crippen LogP contribution in [0.2, 0.25) is 0 Å². The fourth-order valence-electron chi connectivity index (χ4n) is 2.29. The number of carbonyl (C=O) groups is 1. The van der Waals surface area contributed by atoms with Crippen molar-refractivity contribution in [1.29, 1.82) is 0 Å². The molecule has 2 N–H and O–H groups in total. The number of hydrogen-bond donors (Lipinski definition) is 1. The van der Waals surface area contributed by atoms with E-state index >= 15 is 0 Å². The van der Waals surface area contributed by atoms with Crippen molar-refractivity contribution in [1.82, 2.24) is 14.7 Å². The van der Waals surface area contributed by atoms with Crippen molar-refractivity contribution < 1.29 is 4.79 Å². The number of nitrogen functional groups attached to an aromatic ring is 1. The number of aromatic nitrogens is 2. The second-order valence-electron chi connectivity index (χ2n) is 4.48. The van der Waals surface area contributed by atoms with Crippen LogP contribution in [0.15, 0.2) is 6.07 Å². The van der Waals surface area contributed by atoms with E-state index in [2.05, 4.69) is 5.10 Å². The Balaban J connectivity index is 2.17. The van der Waals surface area contributed by atoms with Crippen molar-refractivity contribution in [2.45, 2.75) is 39.2 Å². The molecule has 0 saturated carbocycles. The fraction of sp³-hybridized carbons (Fsp3) is 0.667. The summed E-state index contributed by atoms with van der Waals surface area (Å²) >= 11 is 0. The third kappa shape index (κ3) is 2.60. The van der Waals surface area contributed by atoms with E-state index in [1.807, 2.05) is 11.8 Å². The van der Waals surface area contributed by atoms with Gasteiger partial charge in [-0.2, -0.15) is 5.10 Å². The highest BCUT2D eigenvalue weighted by atomic mass is 16.2. The highest BCUT2D eigenvalue weighted by Crippen LogP contribution is 2.15. The van der Waals surface area contributed by atoms with E-state index in [0.29, 0.717) is 18.1 Å². The van der Waals surface area contributed by atoms with Crippen LogP contribution in [0.3, 0.4) is 0 Å². The number of aryl methyl sites for hydroxylation is 1. The summed E-state index contributed by atoms with van der Waals surface area (Å²) in [6.07, 6.45) is 4.64. The van der Waals surface area contributed by atoms with Crippen LogP contribution in [0.4, 0.5) is 5.82 Å². The van der Waals surface area contributed by atoms with Crippen molar-refractivity contribution in [3.63, 3.8) is 0 Å². The molecule has 1 aliphatic rings. The summed E-state index contributed by atoms with van der Waals surface area (Å²) in [6, 6.07) is 1.68. The van der Waals surface area contributed by atoms with E-state index in [4.69, 9.17) is 5.73 Å². The minimum atomic E-state index is 0.0675. The lowest BCUT2D eigenvalue weighted by Crippen LogP contribution is -2.33.